The van der Waals surface area contributed by atoms with Gasteiger partial charge in [0.05, 0.1) is 6.04 Å². The van der Waals surface area contributed by atoms with Gasteiger partial charge >= 0.3 is 0 Å². The Bertz CT molecular complexity index is 234. The predicted octanol–water partition coefficient (Wildman–Crippen LogP) is -0.0278. The van der Waals surface area contributed by atoms with E-state index in [1.54, 1.807) is 11.0 Å². The summed E-state index contributed by atoms with van der Waals surface area (Å²) in [6.45, 7) is 0.736. The summed E-state index contributed by atoms with van der Waals surface area (Å²) in [5, 5.41) is 0. The Morgan fingerprint density at radius 1 is 1.64 bits per heavy atom. The number of aldehydes is 1. The van der Waals surface area contributed by atoms with Crippen LogP contribution in [0.5, 0.6) is 0 Å². The summed E-state index contributed by atoms with van der Waals surface area (Å²) in [6, 6.07) is 0.0694. The highest BCUT2D eigenvalue weighted by molar-refractivity contribution is 5.91. The Hall–Kier alpha value is -1.12. The van der Waals surface area contributed by atoms with E-state index in [4.69, 9.17) is 0 Å². The molecule has 2 atom stereocenters. The first-order valence-electron chi connectivity index (χ1n) is 3.77. The second kappa shape index (κ2) is 2.19. The smallest absolute Gasteiger partial charge is 0.246 e. The highest BCUT2D eigenvalue weighted by Gasteiger charge is 2.37. The van der Waals surface area contributed by atoms with Crippen LogP contribution >= 0.6 is 0 Å². The van der Waals surface area contributed by atoms with Crippen LogP contribution in [0.2, 0.25) is 0 Å². The Kier molecular flexibility index (Phi) is 1.31. The Labute approximate surface area is 64.7 Å². The lowest BCUT2D eigenvalue weighted by Crippen LogP contribution is -2.30. The molecule has 2 aliphatic rings. The zero-order valence-electron chi connectivity index (χ0n) is 6.06. The molecule has 1 fully saturated rings. The molecule has 3 nitrogen and oxygen atoms in total. The third kappa shape index (κ3) is 0.803. The summed E-state index contributed by atoms with van der Waals surface area (Å²) in [7, 11) is 0. The van der Waals surface area contributed by atoms with Crippen molar-refractivity contribution in [3.8, 4) is 0 Å². The number of carbonyl (C=O) groups is 2. The number of hydrogen-bond acceptors (Lipinski definition) is 2. The zero-order valence-corrected chi connectivity index (χ0v) is 6.06. The van der Waals surface area contributed by atoms with Crippen molar-refractivity contribution in [2.75, 3.05) is 6.54 Å². The van der Waals surface area contributed by atoms with Gasteiger partial charge in [-0.3, -0.25) is 4.79 Å². The van der Waals surface area contributed by atoms with Gasteiger partial charge in [-0.15, -0.1) is 0 Å². The SMILES string of the molecule is O=C[C@H]1CCN2C(=O)C=C[C@H]12. The van der Waals surface area contributed by atoms with Crippen LogP contribution in [-0.2, 0) is 9.59 Å². The van der Waals surface area contributed by atoms with Crippen molar-refractivity contribution in [3.63, 3.8) is 0 Å². The van der Waals surface area contributed by atoms with Crippen molar-refractivity contribution >= 4 is 12.2 Å². The molecule has 11 heavy (non-hydrogen) atoms. The maximum absolute atomic E-state index is 11.0. The molecule has 0 radical (unpaired) electrons. The highest BCUT2D eigenvalue weighted by Crippen LogP contribution is 2.27. The van der Waals surface area contributed by atoms with Gasteiger partial charge in [-0.25, -0.2) is 0 Å². The van der Waals surface area contributed by atoms with Gasteiger partial charge in [-0.1, -0.05) is 6.08 Å². The van der Waals surface area contributed by atoms with E-state index in [1.807, 2.05) is 6.08 Å². The van der Waals surface area contributed by atoms with Crippen molar-refractivity contribution in [3.05, 3.63) is 12.2 Å². The number of carbonyl (C=O) groups excluding carboxylic acids is 2. The average molecular weight is 151 g/mol. The van der Waals surface area contributed by atoms with E-state index in [0.29, 0.717) is 0 Å². The summed E-state index contributed by atoms with van der Waals surface area (Å²) >= 11 is 0. The molecule has 0 saturated carbocycles. The fourth-order valence-electron chi connectivity index (χ4n) is 1.77. The van der Waals surface area contributed by atoms with Crippen molar-refractivity contribution < 1.29 is 9.59 Å². The lowest BCUT2D eigenvalue weighted by Gasteiger charge is -2.15. The summed E-state index contributed by atoms with van der Waals surface area (Å²) in [4.78, 5) is 23.3. The molecule has 0 aromatic heterocycles. The number of hydrogen-bond donors (Lipinski definition) is 0. The van der Waals surface area contributed by atoms with E-state index >= 15 is 0 Å². The molecule has 58 valence electrons. The molecule has 0 spiro atoms. The van der Waals surface area contributed by atoms with Crippen molar-refractivity contribution in [1.82, 2.24) is 4.90 Å². The summed E-state index contributed by atoms with van der Waals surface area (Å²) in [6.07, 6.45) is 5.16. The minimum absolute atomic E-state index is 0.0395. The molecule has 2 rings (SSSR count). The number of nitrogens with zero attached hydrogens (tertiary/aromatic N) is 1. The molecule has 2 heterocycles. The van der Waals surface area contributed by atoms with Crippen molar-refractivity contribution in [1.29, 1.82) is 0 Å². The first-order valence-corrected chi connectivity index (χ1v) is 3.77. The summed E-state index contributed by atoms with van der Waals surface area (Å²) < 4.78 is 0. The van der Waals surface area contributed by atoms with Crippen LogP contribution in [0.15, 0.2) is 12.2 Å². The fourth-order valence-corrected chi connectivity index (χ4v) is 1.77. The Balaban J connectivity index is 2.22. The number of fused-ring (bicyclic) bond motifs is 1. The van der Waals surface area contributed by atoms with E-state index in [9.17, 15) is 9.59 Å². The van der Waals surface area contributed by atoms with Gasteiger partial charge in [0.1, 0.15) is 6.29 Å². The van der Waals surface area contributed by atoms with E-state index in [-0.39, 0.29) is 17.9 Å². The van der Waals surface area contributed by atoms with E-state index < -0.39 is 0 Å². The summed E-state index contributed by atoms with van der Waals surface area (Å²) in [5.41, 5.74) is 0. The second-order valence-corrected chi connectivity index (χ2v) is 2.97. The lowest BCUT2D eigenvalue weighted by atomic mass is 10.0. The lowest BCUT2D eigenvalue weighted by molar-refractivity contribution is -0.125. The van der Waals surface area contributed by atoms with Crippen LogP contribution in [0.25, 0.3) is 0 Å². The minimum Gasteiger partial charge on any atom is -0.332 e. The number of rotatable bonds is 1. The van der Waals surface area contributed by atoms with Crippen LogP contribution in [0.1, 0.15) is 6.42 Å². The normalized spacial score (nSPS) is 34.5. The van der Waals surface area contributed by atoms with E-state index in [0.717, 1.165) is 19.3 Å². The molecule has 0 aromatic rings. The van der Waals surface area contributed by atoms with Gasteiger partial charge in [-0.2, -0.15) is 0 Å². The molecule has 3 heteroatoms. The molecule has 0 aliphatic carbocycles. The minimum atomic E-state index is 0.0395. The van der Waals surface area contributed by atoms with Crippen LogP contribution in [0, 0.1) is 5.92 Å². The third-order valence-corrected chi connectivity index (χ3v) is 2.40. The van der Waals surface area contributed by atoms with Crippen LogP contribution in [-0.4, -0.2) is 29.7 Å². The van der Waals surface area contributed by atoms with Crippen molar-refractivity contribution in [2.45, 2.75) is 12.5 Å². The molecule has 0 N–H and O–H groups in total. The van der Waals surface area contributed by atoms with E-state index in [1.165, 1.54) is 0 Å². The van der Waals surface area contributed by atoms with Crippen LogP contribution < -0.4 is 0 Å². The van der Waals surface area contributed by atoms with Gasteiger partial charge in [0.2, 0.25) is 5.91 Å². The van der Waals surface area contributed by atoms with Crippen LogP contribution in [0.4, 0.5) is 0 Å². The van der Waals surface area contributed by atoms with Crippen molar-refractivity contribution in [2.24, 2.45) is 5.92 Å². The summed E-state index contributed by atoms with van der Waals surface area (Å²) in [5.74, 6) is 0.0945. The first-order chi connectivity index (χ1) is 5.33. The molecule has 0 aromatic carbocycles. The Morgan fingerprint density at radius 2 is 2.45 bits per heavy atom. The Morgan fingerprint density at radius 3 is 3.18 bits per heavy atom. The average Bonchev–Trinajstić information content (AvgIpc) is 2.53. The topological polar surface area (TPSA) is 37.4 Å². The molecule has 1 amide bonds. The largest absolute Gasteiger partial charge is 0.332 e. The first kappa shape index (κ1) is 6.58. The maximum atomic E-state index is 11.0. The molecule has 1 saturated heterocycles. The molecule has 2 aliphatic heterocycles. The second-order valence-electron chi connectivity index (χ2n) is 2.97. The molecule has 0 unspecified atom stereocenters. The standard InChI is InChI=1S/C8H9NO2/c10-5-6-3-4-9-7(6)1-2-8(9)11/h1-2,5-7H,3-4H2/t6-,7-/m1/s1. The quantitative estimate of drug-likeness (QED) is 0.493. The highest BCUT2D eigenvalue weighted by atomic mass is 16.2. The number of amides is 1. The fraction of sp³-hybridized carbons (Fsp3) is 0.500. The molecular weight excluding hydrogens is 142 g/mol. The monoisotopic (exact) mass is 151 g/mol. The van der Waals surface area contributed by atoms with Gasteiger partial charge in [0.15, 0.2) is 0 Å². The van der Waals surface area contributed by atoms with Crippen LogP contribution in [0.3, 0.4) is 0 Å². The molecule has 0 bridgehead atoms. The molecular formula is C8H9NO2. The third-order valence-electron chi connectivity index (χ3n) is 2.40. The predicted molar refractivity (Wildman–Crippen MR) is 38.8 cm³/mol. The van der Waals surface area contributed by atoms with Gasteiger partial charge in [-0.05, 0) is 6.42 Å². The van der Waals surface area contributed by atoms with Gasteiger partial charge < -0.3 is 9.69 Å². The zero-order chi connectivity index (χ0) is 7.84. The van der Waals surface area contributed by atoms with Gasteiger partial charge in [0, 0.05) is 18.5 Å². The van der Waals surface area contributed by atoms with Gasteiger partial charge in [0.25, 0.3) is 0 Å². The maximum Gasteiger partial charge on any atom is 0.246 e. The van der Waals surface area contributed by atoms with E-state index in [2.05, 4.69) is 0 Å².